The average Bonchev–Trinajstić information content (AvgIpc) is 3.02. The summed E-state index contributed by atoms with van der Waals surface area (Å²) in [6.45, 7) is 8.30. The van der Waals surface area contributed by atoms with Crippen molar-refractivity contribution in [1.29, 1.82) is 0 Å². The Hall–Kier alpha value is -1.20. The van der Waals surface area contributed by atoms with Gasteiger partial charge in [-0.1, -0.05) is 12.8 Å². The van der Waals surface area contributed by atoms with Crippen LogP contribution in [-0.4, -0.2) is 41.0 Å². The number of H-pyrrole nitrogens is 1. The fourth-order valence-electron chi connectivity index (χ4n) is 3.57. The van der Waals surface area contributed by atoms with Gasteiger partial charge in [0.25, 0.3) is 5.56 Å². The van der Waals surface area contributed by atoms with Crippen LogP contribution >= 0.6 is 0 Å². The third-order valence-corrected chi connectivity index (χ3v) is 5.02. The van der Waals surface area contributed by atoms with Crippen LogP contribution in [0, 0.1) is 0 Å². The number of hydrogen-bond donors (Lipinski definition) is 2. The Morgan fingerprint density at radius 1 is 1.24 bits per heavy atom. The maximum absolute atomic E-state index is 12.1. The van der Waals surface area contributed by atoms with Gasteiger partial charge in [0.05, 0.1) is 11.2 Å². The molecule has 0 unspecified atom stereocenters. The van der Waals surface area contributed by atoms with Gasteiger partial charge in [-0.25, -0.2) is 4.98 Å². The molecular weight excluding hydrogens is 264 g/mol. The fraction of sp³-hybridized carbons (Fsp3) is 0.750. The van der Waals surface area contributed by atoms with Crippen LogP contribution in [0.15, 0.2) is 10.9 Å². The van der Waals surface area contributed by atoms with Gasteiger partial charge in [0.15, 0.2) is 0 Å². The van der Waals surface area contributed by atoms with E-state index in [0.717, 1.165) is 37.7 Å². The molecule has 116 valence electrons. The zero-order valence-electron chi connectivity index (χ0n) is 13.1. The van der Waals surface area contributed by atoms with Crippen molar-refractivity contribution in [3.8, 4) is 0 Å². The first-order valence-corrected chi connectivity index (χ1v) is 8.15. The van der Waals surface area contributed by atoms with Crippen molar-refractivity contribution >= 4 is 0 Å². The first-order valence-electron chi connectivity index (χ1n) is 8.15. The maximum Gasteiger partial charge on any atom is 0.251 e. The smallest absolute Gasteiger partial charge is 0.251 e. The molecule has 2 fully saturated rings. The van der Waals surface area contributed by atoms with E-state index in [2.05, 4.69) is 29.0 Å². The van der Waals surface area contributed by atoms with E-state index in [0.29, 0.717) is 5.92 Å². The second-order valence-corrected chi connectivity index (χ2v) is 6.80. The first kappa shape index (κ1) is 14.7. The molecule has 2 heterocycles. The fourth-order valence-corrected chi connectivity index (χ4v) is 3.57. The monoisotopic (exact) mass is 290 g/mol. The quantitative estimate of drug-likeness (QED) is 0.887. The number of piperazine rings is 1. The number of aromatic amines is 1. The SMILES string of the molecule is CC(C)(c1nc(C2CCCC2)cc(=O)[nH]1)N1CCNCC1. The van der Waals surface area contributed by atoms with Crippen LogP contribution in [-0.2, 0) is 5.54 Å². The van der Waals surface area contributed by atoms with Crippen LogP contribution in [0.3, 0.4) is 0 Å². The minimum absolute atomic E-state index is 0.00916. The molecule has 5 nitrogen and oxygen atoms in total. The van der Waals surface area contributed by atoms with Crippen LogP contribution in [0.25, 0.3) is 0 Å². The second-order valence-electron chi connectivity index (χ2n) is 6.80. The lowest BCUT2D eigenvalue weighted by atomic mass is 9.98. The van der Waals surface area contributed by atoms with Crippen molar-refractivity contribution in [1.82, 2.24) is 20.2 Å². The van der Waals surface area contributed by atoms with Gasteiger partial charge in [0.2, 0.25) is 0 Å². The molecule has 0 spiro atoms. The van der Waals surface area contributed by atoms with Gasteiger partial charge in [0.1, 0.15) is 5.82 Å². The Bertz CT molecular complexity index is 539. The van der Waals surface area contributed by atoms with E-state index >= 15 is 0 Å². The summed E-state index contributed by atoms with van der Waals surface area (Å²) in [5, 5.41) is 3.37. The molecule has 1 saturated heterocycles. The predicted octanol–water partition coefficient (Wildman–Crippen LogP) is 1.57. The van der Waals surface area contributed by atoms with E-state index in [9.17, 15) is 4.79 Å². The van der Waals surface area contributed by atoms with Crippen molar-refractivity contribution in [2.45, 2.75) is 51.0 Å². The van der Waals surface area contributed by atoms with E-state index in [-0.39, 0.29) is 11.1 Å². The van der Waals surface area contributed by atoms with Crippen molar-refractivity contribution < 1.29 is 0 Å². The molecular formula is C16H26N4O. The average molecular weight is 290 g/mol. The molecule has 0 aromatic carbocycles. The molecule has 2 aliphatic rings. The third kappa shape index (κ3) is 3.04. The lowest BCUT2D eigenvalue weighted by Gasteiger charge is -2.40. The molecule has 21 heavy (non-hydrogen) atoms. The standard InChI is InChI=1S/C16H26N4O/c1-16(2,20-9-7-17-8-10-20)15-18-13(11-14(21)19-15)12-5-3-4-6-12/h11-12,17H,3-10H2,1-2H3,(H,18,19,21). The highest BCUT2D eigenvalue weighted by molar-refractivity contribution is 5.14. The van der Waals surface area contributed by atoms with Crippen molar-refractivity contribution in [2.75, 3.05) is 26.2 Å². The summed E-state index contributed by atoms with van der Waals surface area (Å²) >= 11 is 0. The minimum Gasteiger partial charge on any atom is -0.314 e. The van der Waals surface area contributed by atoms with Crippen LogP contribution in [0.5, 0.6) is 0 Å². The lowest BCUT2D eigenvalue weighted by Crippen LogP contribution is -2.52. The predicted molar refractivity (Wildman–Crippen MR) is 83.5 cm³/mol. The summed E-state index contributed by atoms with van der Waals surface area (Å²) < 4.78 is 0. The highest BCUT2D eigenvalue weighted by atomic mass is 16.1. The van der Waals surface area contributed by atoms with E-state index in [1.807, 2.05) is 0 Å². The zero-order chi connectivity index (χ0) is 14.9. The van der Waals surface area contributed by atoms with Crippen molar-refractivity contribution in [2.24, 2.45) is 0 Å². The normalized spacial score (nSPS) is 21.8. The maximum atomic E-state index is 12.1. The van der Waals surface area contributed by atoms with Gasteiger partial charge in [-0.05, 0) is 26.7 Å². The summed E-state index contributed by atoms with van der Waals surface area (Å²) in [6, 6.07) is 1.70. The number of rotatable bonds is 3. The molecule has 1 aliphatic carbocycles. The first-order chi connectivity index (χ1) is 10.1. The van der Waals surface area contributed by atoms with E-state index in [4.69, 9.17) is 4.98 Å². The van der Waals surface area contributed by atoms with E-state index in [1.54, 1.807) is 6.07 Å². The molecule has 0 bridgehead atoms. The largest absolute Gasteiger partial charge is 0.314 e. The highest BCUT2D eigenvalue weighted by Gasteiger charge is 2.33. The van der Waals surface area contributed by atoms with E-state index < -0.39 is 0 Å². The van der Waals surface area contributed by atoms with Gasteiger partial charge in [-0.3, -0.25) is 9.69 Å². The number of hydrogen-bond acceptors (Lipinski definition) is 4. The number of nitrogens with one attached hydrogen (secondary N) is 2. The molecule has 5 heteroatoms. The van der Waals surface area contributed by atoms with Crippen LogP contribution in [0.4, 0.5) is 0 Å². The molecule has 0 amide bonds. The Kier molecular flexibility index (Phi) is 4.13. The molecule has 1 aromatic rings. The topological polar surface area (TPSA) is 61.0 Å². The Morgan fingerprint density at radius 3 is 2.57 bits per heavy atom. The molecule has 1 aliphatic heterocycles. The summed E-state index contributed by atoms with van der Waals surface area (Å²) in [5.74, 6) is 1.30. The van der Waals surface area contributed by atoms with Gasteiger partial charge < -0.3 is 10.3 Å². The second kappa shape index (κ2) is 5.89. The Labute approximate surface area is 126 Å². The molecule has 1 aromatic heterocycles. The van der Waals surface area contributed by atoms with Crippen LogP contribution in [0.2, 0.25) is 0 Å². The molecule has 0 atom stereocenters. The van der Waals surface area contributed by atoms with Gasteiger partial charge >= 0.3 is 0 Å². The molecule has 3 rings (SSSR count). The minimum atomic E-state index is -0.226. The lowest BCUT2D eigenvalue weighted by molar-refractivity contribution is 0.0942. The van der Waals surface area contributed by atoms with Crippen LogP contribution in [0.1, 0.15) is 57.0 Å². The number of aromatic nitrogens is 2. The Balaban J connectivity index is 1.91. The Morgan fingerprint density at radius 2 is 1.90 bits per heavy atom. The highest BCUT2D eigenvalue weighted by Crippen LogP contribution is 2.33. The van der Waals surface area contributed by atoms with Crippen molar-refractivity contribution in [3.63, 3.8) is 0 Å². The molecule has 2 N–H and O–H groups in total. The molecule has 1 saturated carbocycles. The third-order valence-electron chi connectivity index (χ3n) is 5.02. The zero-order valence-corrected chi connectivity index (χ0v) is 13.1. The van der Waals surface area contributed by atoms with E-state index in [1.165, 1.54) is 25.7 Å². The van der Waals surface area contributed by atoms with Gasteiger partial charge in [-0.2, -0.15) is 0 Å². The number of nitrogens with zero attached hydrogens (tertiary/aromatic N) is 2. The van der Waals surface area contributed by atoms with Gasteiger partial charge in [-0.15, -0.1) is 0 Å². The summed E-state index contributed by atoms with van der Waals surface area (Å²) in [6.07, 6.45) is 4.86. The summed E-state index contributed by atoms with van der Waals surface area (Å²) in [4.78, 5) is 22.3. The molecule has 0 radical (unpaired) electrons. The summed E-state index contributed by atoms with van der Waals surface area (Å²) in [5.41, 5.74) is 0.759. The van der Waals surface area contributed by atoms with Gasteiger partial charge in [0, 0.05) is 38.2 Å². The van der Waals surface area contributed by atoms with Crippen molar-refractivity contribution in [3.05, 3.63) is 27.9 Å². The van der Waals surface area contributed by atoms with Crippen LogP contribution < -0.4 is 10.9 Å². The summed E-state index contributed by atoms with van der Waals surface area (Å²) in [7, 11) is 0.